The van der Waals surface area contributed by atoms with E-state index in [9.17, 15) is 14.4 Å². The predicted molar refractivity (Wildman–Crippen MR) is 73.1 cm³/mol. The topological polar surface area (TPSA) is 69.7 Å². The molecule has 0 fully saturated rings. The van der Waals surface area contributed by atoms with Crippen LogP contribution in [-0.4, -0.2) is 62.8 Å². The zero-order chi connectivity index (χ0) is 15.0. The van der Waals surface area contributed by atoms with Crippen LogP contribution < -0.4 is 5.32 Å². The predicted octanol–water partition coefficient (Wildman–Crippen LogP) is 0.331. The molecular weight excluding hydrogens is 234 g/mol. The Bertz CT molecular complexity index is 199. The van der Waals surface area contributed by atoms with Gasteiger partial charge in [0.05, 0.1) is 0 Å². The molecular formula is C12H27N3O3. The molecule has 0 spiro atoms. The Balaban J connectivity index is -0.000000190. The van der Waals surface area contributed by atoms with Crippen LogP contribution in [0, 0.1) is 0 Å². The van der Waals surface area contributed by atoms with E-state index in [1.165, 1.54) is 4.90 Å². The second-order valence-corrected chi connectivity index (χ2v) is 3.42. The average Bonchev–Trinajstić information content (AvgIpc) is 2.41. The van der Waals surface area contributed by atoms with Crippen molar-refractivity contribution in [2.75, 3.05) is 34.2 Å². The van der Waals surface area contributed by atoms with Gasteiger partial charge in [0.2, 0.25) is 18.7 Å². The molecule has 108 valence electrons. The van der Waals surface area contributed by atoms with Gasteiger partial charge in [-0.2, -0.15) is 0 Å². The van der Waals surface area contributed by atoms with E-state index in [1.807, 2.05) is 20.8 Å². The highest BCUT2D eigenvalue weighted by Crippen LogP contribution is 1.75. The summed E-state index contributed by atoms with van der Waals surface area (Å²) in [5.74, 6) is 0.0926. The molecule has 1 N–H and O–H groups in total. The van der Waals surface area contributed by atoms with Crippen molar-refractivity contribution in [3.63, 3.8) is 0 Å². The van der Waals surface area contributed by atoms with Gasteiger partial charge < -0.3 is 15.1 Å². The lowest BCUT2D eigenvalue weighted by Crippen LogP contribution is -2.19. The summed E-state index contributed by atoms with van der Waals surface area (Å²) < 4.78 is 0. The Morgan fingerprint density at radius 3 is 1.44 bits per heavy atom. The lowest BCUT2D eigenvalue weighted by molar-refractivity contribution is -0.120. The third kappa shape index (κ3) is 23.9. The number of carbonyl (C=O) groups excluding carboxylic acids is 3. The molecule has 6 nitrogen and oxygen atoms in total. The van der Waals surface area contributed by atoms with E-state index in [2.05, 4.69) is 5.32 Å². The van der Waals surface area contributed by atoms with Crippen molar-refractivity contribution < 1.29 is 14.4 Å². The van der Waals surface area contributed by atoms with Gasteiger partial charge in [0, 0.05) is 40.7 Å². The second kappa shape index (κ2) is 17.8. The highest BCUT2D eigenvalue weighted by molar-refractivity contribution is 5.74. The number of amides is 3. The van der Waals surface area contributed by atoms with Crippen molar-refractivity contribution in [3.05, 3.63) is 0 Å². The van der Waals surface area contributed by atoms with Gasteiger partial charge in [0.25, 0.3) is 0 Å². The van der Waals surface area contributed by atoms with Crippen LogP contribution in [0.2, 0.25) is 0 Å². The number of nitrogens with one attached hydrogen (secondary N) is 1. The van der Waals surface area contributed by atoms with Gasteiger partial charge in [-0.15, -0.1) is 0 Å². The third-order valence-corrected chi connectivity index (χ3v) is 1.77. The molecule has 0 saturated heterocycles. The number of rotatable bonds is 5. The van der Waals surface area contributed by atoms with Crippen molar-refractivity contribution >= 4 is 18.7 Å². The molecule has 0 aromatic rings. The van der Waals surface area contributed by atoms with E-state index in [1.54, 1.807) is 26.0 Å². The van der Waals surface area contributed by atoms with E-state index in [0.29, 0.717) is 6.42 Å². The Labute approximate surface area is 110 Å². The van der Waals surface area contributed by atoms with E-state index in [0.717, 1.165) is 25.9 Å². The van der Waals surface area contributed by atoms with Crippen LogP contribution in [0.15, 0.2) is 0 Å². The van der Waals surface area contributed by atoms with Crippen LogP contribution >= 0.6 is 0 Å². The molecule has 0 aromatic heterocycles. The number of hydrogen-bond donors (Lipinski definition) is 1. The van der Waals surface area contributed by atoms with Crippen LogP contribution in [0.4, 0.5) is 0 Å². The fourth-order valence-corrected chi connectivity index (χ4v) is 0.549. The van der Waals surface area contributed by atoms with Crippen LogP contribution in [0.1, 0.15) is 27.2 Å². The molecule has 0 aliphatic rings. The SMILES string of the molecule is CCC(=O)NC.CCN(C=O)CC.CN(C)C=O. The van der Waals surface area contributed by atoms with E-state index >= 15 is 0 Å². The van der Waals surface area contributed by atoms with Crippen molar-refractivity contribution in [2.24, 2.45) is 0 Å². The first-order valence-electron chi connectivity index (χ1n) is 5.94. The summed E-state index contributed by atoms with van der Waals surface area (Å²) in [5.41, 5.74) is 0. The van der Waals surface area contributed by atoms with Gasteiger partial charge in [-0.25, -0.2) is 0 Å². The quantitative estimate of drug-likeness (QED) is 0.725. The first kappa shape index (κ1) is 21.7. The molecule has 0 saturated carbocycles. The molecule has 0 aliphatic heterocycles. The maximum Gasteiger partial charge on any atom is 0.219 e. The summed E-state index contributed by atoms with van der Waals surface area (Å²) >= 11 is 0. The van der Waals surface area contributed by atoms with Gasteiger partial charge in [0.15, 0.2) is 0 Å². The Hall–Kier alpha value is -1.59. The molecule has 0 aliphatic carbocycles. The van der Waals surface area contributed by atoms with Gasteiger partial charge in [-0.1, -0.05) is 6.92 Å². The minimum Gasteiger partial charge on any atom is -0.359 e. The molecule has 0 aromatic carbocycles. The summed E-state index contributed by atoms with van der Waals surface area (Å²) in [4.78, 5) is 32.5. The normalized spacial score (nSPS) is 7.67. The maximum atomic E-state index is 10.1. The lowest BCUT2D eigenvalue weighted by atomic mass is 10.5. The number of hydrogen-bond acceptors (Lipinski definition) is 3. The fourth-order valence-electron chi connectivity index (χ4n) is 0.549. The van der Waals surface area contributed by atoms with Gasteiger partial charge in [0.1, 0.15) is 0 Å². The minimum absolute atomic E-state index is 0.0926. The summed E-state index contributed by atoms with van der Waals surface area (Å²) in [7, 11) is 5.01. The van der Waals surface area contributed by atoms with E-state index < -0.39 is 0 Å². The summed E-state index contributed by atoms with van der Waals surface area (Å²) in [6.45, 7) is 7.37. The second-order valence-electron chi connectivity index (χ2n) is 3.42. The Kier molecular flexibility index (Phi) is 21.4. The number of carbonyl (C=O) groups is 3. The van der Waals surface area contributed by atoms with Crippen molar-refractivity contribution in [3.8, 4) is 0 Å². The highest BCUT2D eigenvalue weighted by Gasteiger charge is 1.87. The van der Waals surface area contributed by atoms with Crippen molar-refractivity contribution in [2.45, 2.75) is 27.2 Å². The molecule has 0 heterocycles. The molecule has 0 unspecified atom stereocenters. The van der Waals surface area contributed by atoms with Crippen molar-refractivity contribution in [1.82, 2.24) is 15.1 Å². The van der Waals surface area contributed by atoms with Gasteiger partial charge in [-0.3, -0.25) is 14.4 Å². The smallest absolute Gasteiger partial charge is 0.219 e. The van der Waals surface area contributed by atoms with Gasteiger partial charge in [-0.05, 0) is 13.8 Å². The molecule has 0 bridgehead atoms. The summed E-state index contributed by atoms with van der Waals surface area (Å²) in [5, 5.41) is 2.48. The van der Waals surface area contributed by atoms with Crippen LogP contribution in [0.3, 0.4) is 0 Å². The summed E-state index contributed by atoms with van der Waals surface area (Å²) in [6.07, 6.45) is 2.19. The molecule has 3 amide bonds. The van der Waals surface area contributed by atoms with Crippen LogP contribution in [0.5, 0.6) is 0 Å². The van der Waals surface area contributed by atoms with Crippen molar-refractivity contribution in [1.29, 1.82) is 0 Å². The van der Waals surface area contributed by atoms with Crippen LogP contribution in [0.25, 0.3) is 0 Å². The van der Waals surface area contributed by atoms with E-state index in [4.69, 9.17) is 0 Å². The Morgan fingerprint density at radius 2 is 1.44 bits per heavy atom. The molecule has 6 heteroatoms. The fraction of sp³-hybridized carbons (Fsp3) is 0.750. The molecule has 0 rings (SSSR count). The summed E-state index contributed by atoms with van der Waals surface area (Å²) in [6, 6.07) is 0. The minimum atomic E-state index is 0.0926. The first-order chi connectivity index (χ1) is 8.42. The monoisotopic (exact) mass is 261 g/mol. The maximum absolute atomic E-state index is 10.1. The third-order valence-electron chi connectivity index (χ3n) is 1.77. The van der Waals surface area contributed by atoms with E-state index in [-0.39, 0.29) is 5.91 Å². The molecule has 0 radical (unpaired) electrons. The van der Waals surface area contributed by atoms with Gasteiger partial charge >= 0.3 is 0 Å². The lowest BCUT2D eigenvalue weighted by Gasteiger charge is -2.08. The first-order valence-corrected chi connectivity index (χ1v) is 5.94. The largest absolute Gasteiger partial charge is 0.359 e. The molecule has 18 heavy (non-hydrogen) atoms. The number of nitrogens with zero attached hydrogens (tertiary/aromatic N) is 2. The highest BCUT2D eigenvalue weighted by atomic mass is 16.1. The Morgan fingerprint density at radius 1 is 1.06 bits per heavy atom. The average molecular weight is 261 g/mol. The van der Waals surface area contributed by atoms with Crippen LogP contribution in [-0.2, 0) is 14.4 Å². The molecule has 0 atom stereocenters. The zero-order valence-electron chi connectivity index (χ0n) is 12.4. The standard InChI is InChI=1S/C5H11NO.C4H9NO.C3H7NO/c1-3-6(4-2)5-7;1-3-4(6)5-2;1-4(2)3-5/h5H,3-4H2,1-2H3;3H2,1-2H3,(H,5,6);3H,1-2H3. The zero-order valence-corrected chi connectivity index (χ0v) is 12.4.